The molecule has 10 heteroatoms. The monoisotopic (exact) mass is 492 g/mol. The summed E-state index contributed by atoms with van der Waals surface area (Å²) < 4.78 is 42.2. The maximum absolute atomic E-state index is 14.1. The number of hydrogen-bond donors (Lipinski definition) is 2. The zero-order chi connectivity index (χ0) is 25.2. The minimum absolute atomic E-state index is 0.0977. The number of nitrogens with zero attached hydrogens (tertiary/aromatic N) is 5. The summed E-state index contributed by atoms with van der Waals surface area (Å²) in [5, 5.41) is 12.1. The number of aromatic nitrogens is 5. The van der Waals surface area contributed by atoms with Crippen molar-refractivity contribution in [2.45, 2.75) is 44.0 Å². The highest BCUT2D eigenvalue weighted by Gasteiger charge is 2.39. The van der Waals surface area contributed by atoms with E-state index >= 15 is 0 Å². The van der Waals surface area contributed by atoms with Gasteiger partial charge >= 0.3 is 6.18 Å². The van der Waals surface area contributed by atoms with Crippen LogP contribution in [-0.4, -0.2) is 48.7 Å². The molecule has 0 amide bonds. The van der Waals surface area contributed by atoms with Gasteiger partial charge < -0.3 is 15.0 Å². The van der Waals surface area contributed by atoms with E-state index in [9.17, 15) is 18.3 Å². The van der Waals surface area contributed by atoms with Crippen molar-refractivity contribution in [2.75, 3.05) is 11.9 Å². The third-order valence-corrected chi connectivity index (χ3v) is 7.11. The molecule has 4 heterocycles. The van der Waals surface area contributed by atoms with Gasteiger partial charge in [0.25, 0.3) is 0 Å². The summed E-state index contributed by atoms with van der Waals surface area (Å²) in [6.45, 7) is 1.75. The lowest BCUT2D eigenvalue weighted by atomic mass is 10.0. The number of benzene rings is 1. The SMILES string of the molecule is CN(c1nc(-c2ccnc3[nH]c4ccccc4c23)nc2cncc(C(F)(F)F)c12)C1CCC(C)(O)C1. The Labute approximate surface area is 204 Å². The van der Waals surface area contributed by atoms with Crippen molar-refractivity contribution in [2.24, 2.45) is 0 Å². The molecule has 0 radical (unpaired) electrons. The molecule has 1 fully saturated rings. The molecule has 184 valence electrons. The van der Waals surface area contributed by atoms with E-state index in [1.165, 1.54) is 6.20 Å². The number of H-pyrrole nitrogens is 1. The number of anilines is 1. The third-order valence-electron chi connectivity index (χ3n) is 7.11. The minimum Gasteiger partial charge on any atom is -0.390 e. The Hall–Kier alpha value is -3.79. The standard InChI is InChI=1S/C26H23F3N6O/c1-25(36)9-7-14(11-25)35(2)24-21-17(26(27,28)29)12-30-13-19(21)33-22(34-24)16-8-10-31-23-20(16)15-5-3-4-6-18(15)32-23/h3-6,8,10,12-14,36H,7,9,11H2,1-2H3,(H,31,32). The van der Waals surface area contributed by atoms with Crippen molar-refractivity contribution >= 4 is 38.7 Å². The number of alkyl halides is 3. The fraction of sp³-hybridized carbons (Fsp3) is 0.308. The Balaban J connectivity index is 1.63. The first kappa shape index (κ1) is 22.7. The summed E-state index contributed by atoms with van der Waals surface area (Å²) >= 11 is 0. The van der Waals surface area contributed by atoms with E-state index in [1.54, 1.807) is 31.1 Å². The lowest BCUT2D eigenvalue weighted by Crippen LogP contribution is -2.33. The summed E-state index contributed by atoms with van der Waals surface area (Å²) in [7, 11) is 1.73. The first-order valence-corrected chi connectivity index (χ1v) is 11.7. The van der Waals surface area contributed by atoms with E-state index in [0.717, 1.165) is 22.5 Å². The van der Waals surface area contributed by atoms with Crippen LogP contribution in [0.2, 0.25) is 0 Å². The molecule has 1 saturated carbocycles. The number of aliphatic hydroxyl groups is 1. The first-order chi connectivity index (χ1) is 17.1. The van der Waals surface area contributed by atoms with Crippen molar-refractivity contribution in [1.82, 2.24) is 24.9 Å². The second-order valence-electron chi connectivity index (χ2n) is 9.71. The van der Waals surface area contributed by atoms with E-state index in [0.29, 0.717) is 30.5 Å². The molecule has 2 atom stereocenters. The summed E-state index contributed by atoms with van der Waals surface area (Å²) in [4.78, 5) is 22.6. The molecule has 1 aliphatic rings. The second-order valence-corrected chi connectivity index (χ2v) is 9.71. The molecular weight excluding hydrogens is 469 g/mol. The predicted octanol–water partition coefficient (Wildman–Crippen LogP) is 5.48. The molecule has 2 N–H and O–H groups in total. The Bertz CT molecular complexity index is 1630. The molecule has 0 saturated heterocycles. The van der Waals surface area contributed by atoms with Gasteiger partial charge in [0.1, 0.15) is 11.5 Å². The average molecular weight is 493 g/mol. The maximum atomic E-state index is 14.1. The van der Waals surface area contributed by atoms with Gasteiger partial charge in [0.15, 0.2) is 5.82 Å². The van der Waals surface area contributed by atoms with Crippen LogP contribution < -0.4 is 4.90 Å². The van der Waals surface area contributed by atoms with Gasteiger partial charge in [-0.15, -0.1) is 0 Å². The van der Waals surface area contributed by atoms with Crippen LogP contribution in [0.15, 0.2) is 48.9 Å². The Morgan fingerprint density at radius 2 is 1.92 bits per heavy atom. The summed E-state index contributed by atoms with van der Waals surface area (Å²) in [6, 6.07) is 9.32. The van der Waals surface area contributed by atoms with Crippen molar-refractivity contribution in [3.05, 3.63) is 54.5 Å². The summed E-state index contributed by atoms with van der Waals surface area (Å²) in [6.07, 6.45) is 0.782. The van der Waals surface area contributed by atoms with Crippen LogP contribution in [-0.2, 0) is 6.18 Å². The Kier molecular flexibility index (Phi) is 4.95. The molecule has 7 nitrogen and oxygen atoms in total. The quantitative estimate of drug-likeness (QED) is 0.347. The van der Waals surface area contributed by atoms with Gasteiger partial charge in [-0.05, 0) is 38.3 Å². The van der Waals surface area contributed by atoms with Gasteiger partial charge in [-0.3, -0.25) is 4.98 Å². The Morgan fingerprint density at radius 3 is 2.67 bits per heavy atom. The van der Waals surface area contributed by atoms with Crippen molar-refractivity contribution in [3.8, 4) is 11.4 Å². The maximum Gasteiger partial charge on any atom is 0.418 e. The van der Waals surface area contributed by atoms with E-state index in [-0.39, 0.29) is 28.6 Å². The Morgan fingerprint density at radius 1 is 1.11 bits per heavy atom. The number of nitrogens with one attached hydrogen (secondary N) is 1. The van der Waals surface area contributed by atoms with Gasteiger partial charge in [0.2, 0.25) is 0 Å². The van der Waals surface area contributed by atoms with E-state index in [1.807, 2.05) is 24.3 Å². The molecular formula is C26H23F3N6O. The summed E-state index contributed by atoms with van der Waals surface area (Å²) in [5.41, 5.74) is 0.530. The molecule has 0 bridgehead atoms. The van der Waals surface area contributed by atoms with Crippen molar-refractivity contribution in [3.63, 3.8) is 0 Å². The number of rotatable bonds is 3. The molecule has 0 spiro atoms. The van der Waals surface area contributed by atoms with E-state index in [4.69, 9.17) is 4.98 Å². The molecule has 6 rings (SSSR count). The third kappa shape index (κ3) is 3.63. The largest absolute Gasteiger partial charge is 0.418 e. The van der Waals surface area contributed by atoms with Crippen LogP contribution in [0, 0.1) is 0 Å². The highest BCUT2D eigenvalue weighted by atomic mass is 19.4. The van der Waals surface area contributed by atoms with Crippen LogP contribution in [0.1, 0.15) is 31.7 Å². The van der Waals surface area contributed by atoms with Gasteiger partial charge in [-0.1, -0.05) is 18.2 Å². The zero-order valence-corrected chi connectivity index (χ0v) is 19.6. The fourth-order valence-electron chi connectivity index (χ4n) is 5.30. The first-order valence-electron chi connectivity index (χ1n) is 11.7. The highest BCUT2D eigenvalue weighted by molar-refractivity contribution is 6.12. The van der Waals surface area contributed by atoms with Crippen LogP contribution in [0.4, 0.5) is 19.0 Å². The smallest absolute Gasteiger partial charge is 0.390 e. The van der Waals surface area contributed by atoms with Crippen LogP contribution in [0.3, 0.4) is 0 Å². The normalized spacial score (nSPS) is 20.6. The van der Waals surface area contributed by atoms with Crippen LogP contribution >= 0.6 is 0 Å². The number of hydrogen-bond acceptors (Lipinski definition) is 6. The minimum atomic E-state index is -4.63. The molecule has 1 aliphatic carbocycles. The number of halogens is 3. The molecule has 1 aromatic carbocycles. The zero-order valence-electron chi connectivity index (χ0n) is 19.6. The van der Waals surface area contributed by atoms with Gasteiger partial charge in [0.05, 0.1) is 28.3 Å². The van der Waals surface area contributed by atoms with Crippen LogP contribution in [0.25, 0.3) is 44.2 Å². The van der Waals surface area contributed by atoms with Crippen molar-refractivity contribution in [1.29, 1.82) is 0 Å². The van der Waals surface area contributed by atoms with Crippen LogP contribution in [0.5, 0.6) is 0 Å². The molecule has 5 aromatic rings. The number of para-hydroxylation sites is 1. The topological polar surface area (TPSA) is 90.8 Å². The van der Waals surface area contributed by atoms with E-state index < -0.39 is 17.3 Å². The lowest BCUT2D eigenvalue weighted by Gasteiger charge is -2.28. The van der Waals surface area contributed by atoms with Gasteiger partial charge in [0, 0.05) is 47.3 Å². The number of aromatic amines is 1. The number of pyridine rings is 2. The van der Waals surface area contributed by atoms with Gasteiger partial charge in [-0.2, -0.15) is 13.2 Å². The van der Waals surface area contributed by atoms with E-state index in [2.05, 4.69) is 19.9 Å². The molecule has 36 heavy (non-hydrogen) atoms. The molecule has 2 unspecified atom stereocenters. The second kappa shape index (κ2) is 7.86. The predicted molar refractivity (Wildman–Crippen MR) is 132 cm³/mol. The van der Waals surface area contributed by atoms with Gasteiger partial charge in [-0.25, -0.2) is 15.0 Å². The number of fused-ring (bicyclic) bond motifs is 4. The fourth-order valence-corrected chi connectivity index (χ4v) is 5.30. The molecule has 4 aromatic heterocycles. The lowest BCUT2D eigenvalue weighted by molar-refractivity contribution is -0.136. The average Bonchev–Trinajstić information content (AvgIpc) is 3.41. The summed E-state index contributed by atoms with van der Waals surface area (Å²) in [5.74, 6) is 0.449. The highest BCUT2D eigenvalue weighted by Crippen LogP contribution is 2.42. The molecule has 0 aliphatic heterocycles. The van der Waals surface area contributed by atoms with Crippen molar-refractivity contribution < 1.29 is 18.3 Å².